The predicted octanol–water partition coefficient (Wildman–Crippen LogP) is 2.02. The summed E-state index contributed by atoms with van der Waals surface area (Å²) in [6, 6.07) is 9.86. The number of amides is 2. The Hall–Kier alpha value is -2.89. The largest absolute Gasteiger partial charge is 0.456 e. The van der Waals surface area contributed by atoms with Gasteiger partial charge in [0.1, 0.15) is 5.76 Å². The molecule has 0 bridgehead atoms. The molecule has 0 unspecified atom stereocenters. The Kier molecular flexibility index (Phi) is 5.30. The second kappa shape index (κ2) is 7.40. The van der Waals surface area contributed by atoms with Gasteiger partial charge in [-0.1, -0.05) is 12.1 Å². The fourth-order valence-corrected chi connectivity index (χ4v) is 2.04. The fraction of sp³-hybridized carbons (Fsp3) is 0.235. The summed E-state index contributed by atoms with van der Waals surface area (Å²) in [7, 11) is 0. The van der Waals surface area contributed by atoms with Crippen molar-refractivity contribution in [2.24, 2.45) is 0 Å². The van der Waals surface area contributed by atoms with Gasteiger partial charge in [0.25, 0.3) is 5.91 Å². The van der Waals surface area contributed by atoms with E-state index < -0.39 is 5.91 Å². The van der Waals surface area contributed by atoms with Crippen molar-refractivity contribution < 1.29 is 14.0 Å². The van der Waals surface area contributed by atoms with E-state index in [9.17, 15) is 14.4 Å². The first-order valence-corrected chi connectivity index (χ1v) is 7.20. The topological polar surface area (TPSA) is 88.4 Å². The van der Waals surface area contributed by atoms with Crippen molar-refractivity contribution in [3.05, 3.63) is 63.7 Å². The summed E-state index contributed by atoms with van der Waals surface area (Å²) >= 11 is 0. The minimum Gasteiger partial charge on any atom is -0.456 e. The van der Waals surface area contributed by atoms with Crippen LogP contribution in [-0.4, -0.2) is 18.4 Å². The lowest BCUT2D eigenvalue weighted by Crippen LogP contribution is -2.28. The van der Waals surface area contributed by atoms with Gasteiger partial charge in [-0.15, -0.1) is 0 Å². The van der Waals surface area contributed by atoms with Crippen LogP contribution in [0.4, 0.5) is 5.69 Å². The van der Waals surface area contributed by atoms with Gasteiger partial charge in [0.2, 0.25) is 5.91 Å². The molecule has 6 nitrogen and oxygen atoms in total. The zero-order valence-corrected chi connectivity index (χ0v) is 13.0. The molecule has 2 aromatic rings. The summed E-state index contributed by atoms with van der Waals surface area (Å²) in [4.78, 5) is 35.0. The van der Waals surface area contributed by atoms with E-state index in [0.29, 0.717) is 11.4 Å². The van der Waals surface area contributed by atoms with Crippen molar-refractivity contribution in [1.82, 2.24) is 5.32 Å². The molecule has 2 amide bonds. The molecule has 2 N–H and O–H groups in total. The third-order valence-electron chi connectivity index (χ3n) is 3.05. The van der Waals surface area contributed by atoms with Gasteiger partial charge in [-0.05, 0) is 31.5 Å². The minimum atomic E-state index is -0.519. The molecular formula is C17H18N2O4. The highest BCUT2D eigenvalue weighted by molar-refractivity contribution is 5.93. The summed E-state index contributed by atoms with van der Waals surface area (Å²) in [5, 5.41) is 5.30. The lowest BCUT2D eigenvalue weighted by molar-refractivity contribution is -0.116. The molecule has 0 aliphatic carbocycles. The van der Waals surface area contributed by atoms with Gasteiger partial charge >= 0.3 is 0 Å². The first-order valence-electron chi connectivity index (χ1n) is 7.20. The molecule has 1 heterocycles. The van der Waals surface area contributed by atoms with Crippen LogP contribution >= 0.6 is 0 Å². The maximum atomic E-state index is 11.9. The number of carbonyl (C=O) groups excluding carboxylic acids is 2. The van der Waals surface area contributed by atoms with Gasteiger partial charge in [-0.3, -0.25) is 14.4 Å². The summed E-state index contributed by atoms with van der Waals surface area (Å²) < 4.78 is 5.17. The Labute approximate surface area is 133 Å². The number of anilines is 1. The van der Waals surface area contributed by atoms with Gasteiger partial charge in [0.15, 0.2) is 11.2 Å². The van der Waals surface area contributed by atoms with E-state index in [1.54, 1.807) is 13.0 Å². The molecule has 2 rings (SSSR count). The van der Waals surface area contributed by atoms with Crippen LogP contribution in [0.25, 0.3) is 0 Å². The van der Waals surface area contributed by atoms with Crippen molar-refractivity contribution in [2.45, 2.75) is 20.3 Å². The van der Waals surface area contributed by atoms with Crippen molar-refractivity contribution in [3.8, 4) is 0 Å². The monoisotopic (exact) mass is 314 g/mol. The Morgan fingerprint density at radius 3 is 2.61 bits per heavy atom. The molecule has 0 radical (unpaired) electrons. The average Bonchev–Trinajstić information content (AvgIpc) is 2.46. The molecule has 0 aliphatic heterocycles. The van der Waals surface area contributed by atoms with E-state index in [1.807, 2.05) is 25.1 Å². The first kappa shape index (κ1) is 16.5. The zero-order valence-electron chi connectivity index (χ0n) is 13.0. The summed E-state index contributed by atoms with van der Waals surface area (Å²) in [5.41, 5.74) is 1.47. The Morgan fingerprint density at radius 2 is 1.91 bits per heavy atom. The van der Waals surface area contributed by atoms with Crippen molar-refractivity contribution in [2.75, 3.05) is 11.9 Å². The van der Waals surface area contributed by atoms with Crippen LogP contribution in [0.3, 0.4) is 0 Å². The molecule has 0 saturated carbocycles. The molecule has 0 saturated heterocycles. The highest BCUT2D eigenvalue weighted by atomic mass is 16.3. The third kappa shape index (κ3) is 5.10. The van der Waals surface area contributed by atoms with Crippen LogP contribution in [-0.2, 0) is 4.79 Å². The number of nitrogens with one attached hydrogen (secondary N) is 2. The number of hydrogen-bond acceptors (Lipinski definition) is 4. The van der Waals surface area contributed by atoms with Crippen LogP contribution in [0.15, 0.2) is 45.6 Å². The lowest BCUT2D eigenvalue weighted by Gasteiger charge is -2.07. The van der Waals surface area contributed by atoms with E-state index >= 15 is 0 Å². The highest BCUT2D eigenvalue weighted by Gasteiger charge is 2.10. The Balaban J connectivity index is 1.83. The van der Waals surface area contributed by atoms with E-state index in [1.165, 1.54) is 6.07 Å². The van der Waals surface area contributed by atoms with Crippen molar-refractivity contribution >= 4 is 17.5 Å². The number of carbonyl (C=O) groups is 2. The maximum absolute atomic E-state index is 11.9. The number of benzene rings is 1. The number of aryl methyl sites for hydroxylation is 2. The normalized spacial score (nSPS) is 10.2. The molecule has 0 aliphatic rings. The molecule has 1 aromatic heterocycles. The van der Waals surface area contributed by atoms with Gasteiger partial charge in [0.05, 0.1) is 0 Å². The molecule has 0 atom stereocenters. The number of rotatable bonds is 5. The second-order valence-corrected chi connectivity index (χ2v) is 5.19. The third-order valence-corrected chi connectivity index (χ3v) is 3.05. The minimum absolute atomic E-state index is 0.0610. The summed E-state index contributed by atoms with van der Waals surface area (Å²) in [6.07, 6.45) is 0.121. The molecule has 1 aromatic carbocycles. The highest BCUT2D eigenvalue weighted by Crippen LogP contribution is 2.09. The number of hydrogen-bond donors (Lipinski definition) is 2. The van der Waals surface area contributed by atoms with Crippen LogP contribution in [0.2, 0.25) is 0 Å². The standard InChI is InChI=1S/C17H18N2O4/c1-11-4-3-5-13(8-11)19-16(21)6-7-18-17(22)15-10-14(20)9-12(2)23-15/h3-5,8-10H,6-7H2,1-2H3,(H,18,22)(H,19,21). The van der Waals surface area contributed by atoms with E-state index in [4.69, 9.17) is 4.42 Å². The van der Waals surface area contributed by atoms with Crippen molar-refractivity contribution in [1.29, 1.82) is 0 Å². The maximum Gasteiger partial charge on any atom is 0.287 e. The molecule has 0 spiro atoms. The van der Waals surface area contributed by atoms with Gasteiger partial charge in [-0.2, -0.15) is 0 Å². The Bertz CT molecular complexity index is 780. The van der Waals surface area contributed by atoms with E-state index in [0.717, 1.165) is 11.6 Å². The van der Waals surface area contributed by atoms with Crippen LogP contribution in [0.1, 0.15) is 28.3 Å². The molecule has 23 heavy (non-hydrogen) atoms. The van der Waals surface area contributed by atoms with Gasteiger partial charge in [-0.25, -0.2) is 0 Å². The van der Waals surface area contributed by atoms with Crippen LogP contribution in [0.5, 0.6) is 0 Å². The summed E-state index contributed by atoms with van der Waals surface area (Å²) in [5.74, 6) is -0.426. The van der Waals surface area contributed by atoms with E-state index in [-0.39, 0.29) is 30.1 Å². The second-order valence-electron chi connectivity index (χ2n) is 5.19. The molecule has 6 heteroatoms. The molecular weight excluding hydrogens is 296 g/mol. The lowest BCUT2D eigenvalue weighted by atomic mass is 10.2. The summed E-state index contributed by atoms with van der Waals surface area (Å²) in [6.45, 7) is 3.67. The predicted molar refractivity (Wildman–Crippen MR) is 86.5 cm³/mol. The van der Waals surface area contributed by atoms with Crippen LogP contribution in [0, 0.1) is 13.8 Å². The van der Waals surface area contributed by atoms with Gasteiger partial charge in [0, 0.05) is 30.8 Å². The average molecular weight is 314 g/mol. The molecule has 120 valence electrons. The zero-order chi connectivity index (χ0) is 16.8. The fourth-order valence-electron chi connectivity index (χ4n) is 2.04. The quantitative estimate of drug-likeness (QED) is 0.883. The Morgan fingerprint density at radius 1 is 1.13 bits per heavy atom. The SMILES string of the molecule is Cc1cccc(NC(=O)CCNC(=O)c2cc(=O)cc(C)o2)c1. The molecule has 0 fully saturated rings. The van der Waals surface area contributed by atoms with Gasteiger partial charge < -0.3 is 15.1 Å². The van der Waals surface area contributed by atoms with Crippen molar-refractivity contribution in [3.63, 3.8) is 0 Å². The smallest absolute Gasteiger partial charge is 0.287 e. The van der Waals surface area contributed by atoms with Crippen LogP contribution < -0.4 is 16.1 Å². The first-order chi connectivity index (χ1) is 10.9. The van der Waals surface area contributed by atoms with E-state index in [2.05, 4.69) is 10.6 Å².